The number of halogens is 2. The zero-order valence-corrected chi connectivity index (χ0v) is 19.0. The van der Waals surface area contributed by atoms with Crippen LogP contribution in [0.1, 0.15) is 59.8 Å². The number of carbonyl (C=O) groups is 1. The molecule has 2 aromatic rings. The Labute approximate surface area is 182 Å². The summed E-state index contributed by atoms with van der Waals surface area (Å²) in [7, 11) is 0. The Morgan fingerprint density at radius 2 is 1.90 bits per heavy atom. The van der Waals surface area contributed by atoms with Crippen molar-refractivity contribution in [1.82, 2.24) is 0 Å². The summed E-state index contributed by atoms with van der Waals surface area (Å²) in [5, 5.41) is 3.53. The SMILES string of the molecule is CC=C(CC(S)(c1cc(C)cc(Cl)c1)C(C)(C)F)c1ccc(C(=O)N=N)c(C)c1. The number of alkyl halides is 1. The third-order valence-electron chi connectivity index (χ3n) is 5.23. The van der Waals surface area contributed by atoms with E-state index in [9.17, 15) is 4.79 Å². The van der Waals surface area contributed by atoms with Crippen LogP contribution in [0.5, 0.6) is 0 Å². The summed E-state index contributed by atoms with van der Waals surface area (Å²) < 4.78 is 14.3. The summed E-state index contributed by atoms with van der Waals surface area (Å²) in [4.78, 5) is 11.8. The van der Waals surface area contributed by atoms with Gasteiger partial charge in [-0.3, -0.25) is 4.79 Å². The fourth-order valence-electron chi connectivity index (χ4n) is 3.44. The molecule has 0 bridgehead atoms. The Morgan fingerprint density at radius 1 is 1.24 bits per heavy atom. The van der Waals surface area contributed by atoms with E-state index in [1.165, 1.54) is 13.8 Å². The zero-order valence-electron chi connectivity index (χ0n) is 17.3. The predicted octanol–water partition coefficient (Wildman–Crippen LogP) is 7.49. The van der Waals surface area contributed by atoms with E-state index in [2.05, 4.69) is 5.11 Å². The van der Waals surface area contributed by atoms with Gasteiger partial charge in [-0.1, -0.05) is 35.9 Å². The van der Waals surface area contributed by atoms with Gasteiger partial charge < -0.3 is 0 Å². The summed E-state index contributed by atoms with van der Waals surface area (Å²) in [5.74, 6) is -0.584. The van der Waals surface area contributed by atoms with Gasteiger partial charge in [-0.25, -0.2) is 9.92 Å². The minimum Gasteiger partial charge on any atom is -0.265 e. The first-order valence-electron chi connectivity index (χ1n) is 9.30. The average molecular weight is 433 g/mol. The van der Waals surface area contributed by atoms with Crippen LogP contribution in [0.2, 0.25) is 5.02 Å². The van der Waals surface area contributed by atoms with E-state index in [0.717, 1.165) is 16.7 Å². The number of amides is 1. The molecule has 6 heteroatoms. The fraction of sp³-hybridized carbons (Fsp3) is 0.348. The maximum absolute atomic E-state index is 15.5. The monoisotopic (exact) mass is 432 g/mol. The molecule has 2 rings (SSSR count). The van der Waals surface area contributed by atoms with Crippen molar-refractivity contribution in [3.05, 3.63) is 75.3 Å². The van der Waals surface area contributed by atoms with Crippen molar-refractivity contribution in [2.45, 2.75) is 51.5 Å². The molecule has 0 aliphatic carbocycles. The van der Waals surface area contributed by atoms with Gasteiger partial charge in [-0.15, -0.1) is 5.11 Å². The van der Waals surface area contributed by atoms with Crippen LogP contribution in [-0.2, 0) is 4.75 Å². The van der Waals surface area contributed by atoms with Crippen LogP contribution in [0.25, 0.3) is 5.57 Å². The molecule has 1 amide bonds. The number of nitrogens with zero attached hydrogens (tertiary/aromatic N) is 1. The number of hydrogen-bond donors (Lipinski definition) is 2. The Bertz CT molecular complexity index is 961. The highest BCUT2D eigenvalue weighted by Crippen LogP contribution is 2.48. The quantitative estimate of drug-likeness (QED) is 0.360. The average Bonchev–Trinajstić information content (AvgIpc) is 2.63. The molecule has 2 aromatic carbocycles. The minimum atomic E-state index is -1.64. The first-order chi connectivity index (χ1) is 13.4. The number of aryl methyl sites for hydroxylation is 2. The molecule has 1 N–H and O–H groups in total. The van der Waals surface area contributed by atoms with E-state index >= 15 is 4.39 Å². The van der Waals surface area contributed by atoms with Gasteiger partial charge in [0.1, 0.15) is 5.67 Å². The largest absolute Gasteiger partial charge is 0.295 e. The van der Waals surface area contributed by atoms with Crippen LogP contribution in [0.15, 0.2) is 47.6 Å². The van der Waals surface area contributed by atoms with E-state index in [0.29, 0.717) is 28.1 Å². The smallest absolute Gasteiger partial charge is 0.265 e. The van der Waals surface area contributed by atoms with Crippen molar-refractivity contribution >= 4 is 35.7 Å². The number of hydrogen-bond acceptors (Lipinski definition) is 3. The van der Waals surface area contributed by atoms with Gasteiger partial charge in [0.25, 0.3) is 5.91 Å². The maximum Gasteiger partial charge on any atom is 0.295 e. The highest BCUT2D eigenvalue weighted by molar-refractivity contribution is 7.81. The van der Waals surface area contributed by atoms with Gasteiger partial charge in [0, 0.05) is 10.6 Å². The van der Waals surface area contributed by atoms with Gasteiger partial charge in [-0.05, 0) is 87.1 Å². The van der Waals surface area contributed by atoms with Crippen LogP contribution in [0.4, 0.5) is 4.39 Å². The van der Waals surface area contributed by atoms with Gasteiger partial charge in [-0.2, -0.15) is 12.6 Å². The normalized spacial score (nSPS) is 14.4. The van der Waals surface area contributed by atoms with E-state index in [1.807, 2.05) is 38.1 Å². The summed E-state index contributed by atoms with van der Waals surface area (Å²) in [6.07, 6.45) is 2.25. The van der Waals surface area contributed by atoms with Crippen LogP contribution in [0.3, 0.4) is 0 Å². The van der Waals surface area contributed by atoms with Gasteiger partial charge >= 0.3 is 0 Å². The number of thiol groups is 1. The lowest BCUT2D eigenvalue weighted by Gasteiger charge is -2.39. The standard InChI is InChI=1S/C23H26ClFN2OS/c1-6-16(17-7-8-20(15(3)11-17)21(28)27-26)13-23(29,22(4,5)25)18-9-14(2)10-19(24)12-18/h6-12,26,29H,13H2,1-5H3. The Morgan fingerprint density at radius 3 is 2.38 bits per heavy atom. The lowest BCUT2D eigenvalue weighted by atomic mass is 9.78. The van der Waals surface area contributed by atoms with Gasteiger partial charge in [0.2, 0.25) is 0 Å². The molecule has 1 atom stereocenters. The molecule has 0 saturated heterocycles. The minimum absolute atomic E-state index is 0.325. The topological polar surface area (TPSA) is 53.3 Å². The van der Waals surface area contributed by atoms with E-state index in [1.54, 1.807) is 25.1 Å². The van der Waals surface area contributed by atoms with Crippen molar-refractivity contribution < 1.29 is 9.18 Å². The maximum atomic E-state index is 15.5. The van der Waals surface area contributed by atoms with Crippen molar-refractivity contribution in [2.24, 2.45) is 5.11 Å². The first kappa shape index (κ1) is 23.3. The molecule has 0 aromatic heterocycles. The zero-order chi connectivity index (χ0) is 22.0. The molecule has 1 unspecified atom stereocenters. The fourth-order valence-corrected chi connectivity index (χ4v) is 4.03. The van der Waals surface area contributed by atoms with Crippen molar-refractivity contribution in [2.75, 3.05) is 0 Å². The number of benzene rings is 2. The van der Waals surface area contributed by atoms with E-state index < -0.39 is 16.3 Å². The highest BCUT2D eigenvalue weighted by atomic mass is 35.5. The van der Waals surface area contributed by atoms with Crippen molar-refractivity contribution in [3.63, 3.8) is 0 Å². The first-order valence-corrected chi connectivity index (χ1v) is 10.1. The molecule has 154 valence electrons. The van der Waals surface area contributed by atoms with Crippen LogP contribution in [0, 0.1) is 19.4 Å². The summed E-state index contributed by atoms with van der Waals surface area (Å²) in [5.41, 5.74) is 9.81. The van der Waals surface area contributed by atoms with Crippen molar-refractivity contribution in [1.29, 1.82) is 5.53 Å². The lowest BCUT2D eigenvalue weighted by molar-refractivity contribution is 0.0990. The second kappa shape index (κ2) is 8.80. The molecule has 0 spiro atoms. The molecular formula is C23H26ClFN2OS. The van der Waals surface area contributed by atoms with Gasteiger partial charge in [0.05, 0.1) is 4.75 Å². The number of rotatable bonds is 6. The molecule has 0 aliphatic rings. The Kier molecular flexibility index (Phi) is 7.07. The second-order valence-corrected chi connectivity index (χ2v) is 8.99. The predicted molar refractivity (Wildman–Crippen MR) is 121 cm³/mol. The molecule has 0 heterocycles. The molecule has 0 aliphatic heterocycles. The molecule has 0 radical (unpaired) electrons. The van der Waals surface area contributed by atoms with Crippen LogP contribution in [-0.4, -0.2) is 11.6 Å². The summed E-state index contributed by atoms with van der Waals surface area (Å²) >= 11 is 11.1. The third-order valence-corrected chi connectivity index (χ3v) is 6.39. The van der Waals surface area contributed by atoms with E-state index in [4.69, 9.17) is 29.8 Å². The van der Waals surface area contributed by atoms with Crippen molar-refractivity contribution in [3.8, 4) is 0 Å². The van der Waals surface area contributed by atoms with E-state index in [-0.39, 0.29) is 0 Å². The number of allylic oxidation sites excluding steroid dienone is 2. The lowest BCUT2D eigenvalue weighted by Crippen LogP contribution is -2.40. The number of nitrogens with one attached hydrogen (secondary N) is 1. The molecule has 3 nitrogen and oxygen atoms in total. The Hall–Kier alpha value is -1.98. The summed E-state index contributed by atoms with van der Waals surface area (Å²) in [6.45, 7) is 8.65. The molecule has 0 fully saturated rings. The van der Waals surface area contributed by atoms with Crippen LogP contribution < -0.4 is 0 Å². The highest BCUT2D eigenvalue weighted by Gasteiger charge is 2.45. The second-order valence-electron chi connectivity index (χ2n) is 7.79. The van der Waals surface area contributed by atoms with Gasteiger partial charge in [0.15, 0.2) is 0 Å². The van der Waals surface area contributed by atoms with Crippen LogP contribution >= 0.6 is 24.2 Å². The molecule has 29 heavy (non-hydrogen) atoms. The third kappa shape index (κ3) is 4.96. The molecule has 0 saturated carbocycles. The molecular weight excluding hydrogens is 407 g/mol. The summed E-state index contributed by atoms with van der Waals surface area (Å²) in [6, 6.07) is 10.8. The Balaban J connectivity index is 2.54. The number of carbonyl (C=O) groups excluding carboxylic acids is 1.